The van der Waals surface area contributed by atoms with Gasteiger partial charge in [0.1, 0.15) is 10.7 Å². The van der Waals surface area contributed by atoms with Crippen LogP contribution in [0.15, 0.2) is 24.3 Å². The molecule has 0 radical (unpaired) electrons. The summed E-state index contributed by atoms with van der Waals surface area (Å²) in [6.07, 6.45) is 2.14. The summed E-state index contributed by atoms with van der Waals surface area (Å²) < 4.78 is 5.36. The highest BCUT2D eigenvalue weighted by Crippen LogP contribution is 2.18. The van der Waals surface area contributed by atoms with Crippen molar-refractivity contribution >= 4 is 23.1 Å². The second-order valence-corrected chi connectivity index (χ2v) is 4.46. The number of nitrogens with one attached hydrogen (secondary N) is 1. The Balaban J connectivity index is 1.87. The molecule has 0 aromatic heterocycles. The third-order valence-electron chi connectivity index (χ3n) is 2.43. The van der Waals surface area contributed by atoms with Crippen molar-refractivity contribution in [1.29, 1.82) is 0 Å². The van der Waals surface area contributed by atoms with Gasteiger partial charge in [-0.05, 0) is 25.0 Å². The monoisotopic (exact) mass is 250 g/mol. The van der Waals surface area contributed by atoms with E-state index >= 15 is 0 Å². The maximum absolute atomic E-state index is 11.4. The van der Waals surface area contributed by atoms with Crippen LogP contribution in [-0.2, 0) is 4.79 Å². The van der Waals surface area contributed by atoms with Gasteiger partial charge in [-0.15, -0.1) is 0 Å². The molecule has 1 aliphatic rings. The molecule has 0 atom stereocenters. The molecule has 4 nitrogen and oxygen atoms in total. The van der Waals surface area contributed by atoms with Gasteiger partial charge in [-0.2, -0.15) is 0 Å². The van der Waals surface area contributed by atoms with Gasteiger partial charge >= 0.3 is 0 Å². The van der Waals surface area contributed by atoms with E-state index < -0.39 is 0 Å². The van der Waals surface area contributed by atoms with E-state index in [9.17, 15) is 4.79 Å². The first-order chi connectivity index (χ1) is 8.15. The third kappa shape index (κ3) is 3.71. The number of carbonyl (C=O) groups excluding carboxylic acids is 1. The van der Waals surface area contributed by atoms with Crippen LogP contribution in [0.2, 0.25) is 0 Å². The average molecular weight is 250 g/mol. The number of hydrogen-bond donors (Lipinski definition) is 2. The number of hydrogen-bond acceptors (Lipinski definition) is 3. The van der Waals surface area contributed by atoms with Crippen LogP contribution in [0.25, 0.3) is 0 Å². The molecule has 17 heavy (non-hydrogen) atoms. The van der Waals surface area contributed by atoms with E-state index in [-0.39, 0.29) is 12.5 Å². The molecule has 0 heterocycles. The Kier molecular flexibility index (Phi) is 3.58. The maximum Gasteiger partial charge on any atom is 0.258 e. The molecular weight excluding hydrogens is 236 g/mol. The van der Waals surface area contributed by atoms with Crippen LogP contribution in [0, 0.1) is 0 Å². The van der Waals surface area contributed by atoms with Gasteiger partial charge in [-0.1, -0.05) is 24.4 Å². The molecule has 0 aliphatic heterocycles. The van der Waals surface area contributed by atoms with Crippen LogP contribution in [-0.4, -0.2) is 23.5 Å². The van der Waals surface area contributed by atoms with Gasteiger partial charge in [-0.3, -0.25) is 4.79 Å². The largest absolute Gasteiger partial charge is 0.484 e. The number of amides is 1. The molecule has 1 aromatic carbocycles. The van der Waals surface area contributed by atoms with Crippen LogP contribution >= 0.6 is 12.2 Å². The molecule has 0 spiro atoms. The Bertz CT molecular complexity index is 444. The normalized spacial score (nSPS) is 14.1. The summed E-state index contributed by atoms with van der Waals surface area (Å²) in [5, 5.41) is 2.85. The predicted molar refractivity (Wildman–Crippen MR) is 69.0 cm³/mol. The third-order valence-corrected chi connectivity index (χ3v) is 2.67. The van der Waals surface area contributed by atoms with Gasteiger partial charge < -0.3 is 15.8 Å². The topological polar surface area (TPSA) is 64.3 Å². The lowest BCUT2D eigenvalue weighted by Crippen LogP contribution is -2.30. The maximum atomic E-state index is 11.4. The number of ether oxygens (including phenoxy) is 1. The molecule has 5 heteroatoms. The van der Waals surface area contributed by atoms with Crippen LogP contribution < -0.4 is 15.8 Å². The molecule has 1 amide bonds. The van der Waals surface area contributed by atoms with Crippen LogP contribution in [0.3, 0.4) is 0 Å². The highest BCUT2D eigenvalue weighted by molar-refractivity contribution is 7.80. The summed E-state index contributed by atoms with van der Waals surface area (Å²) in [5.41, 5.74) is 6.25. The van der Waals surface area contributed by atoms with Crippen molar-refractivity contribution in [2.24, 2.45) is 5.73 Å². The van der Waals surface area contributed by atoms with Gasteiger partial charge in [0.2, 0.25) is 0 Å². The fourth-order valence-corrected chi connectivity index (χ4v) is 1.51. The summed E-state index contributed by atoms with van der Waals surface area (Å²) in [4.78, 5) is 11.7. The summed E-state index contributed by atoms with van der Waals surface area (Å²) in [5.74, 6) is 0.509. The molecule has 90 valence electrons. The van der Waals surface area contributed by atoms with Crippen molar-refractivity contribution in [3.63, 3.8) is 0 Å². The molecule has 0 saturated heterocycles. The fraction of sp³-hybridized carbons (Fsp3) is 0.333. The Morgan fingerprint density at radius 3 is 2.94 bits per heavy atom. The van der Waals surface area contributed by atoms with Crippen molar-refractivity contribution < 1.29 is 9.53 Å². The second kappa shape index (κ2) is 5.14. The lowest BCUT2D eigenvalue weighted by Gasteiger charge is -2.07. The molecule has 1 saturated carbocycles. The second-order valence-electron chi connectivity index (χ2n) is 4.02. The minimum Gasteiger partial charge on any atom is -0.484 e. The van der Waals surface area contributed by atoms with Crippen molar-refractivity contribution in [1.82, 2.24) is 5.32 Å². The lowest BCUT2D eigenvalue weighted by atomic mass is 10.2. The zero-order valence-corrected chi connectivity index (χ0v) is 10.1. The van der Waals surface area contributed by atoms with Crippen molar-refractivity contribution in [3.05, 3.63) is 29.8 Å². The lowest BCUT2D eigenvalue weighted by molar-refractivity contribution is -0.123. The molecule has 1 fully saturated rings. The molecule has 2 rings (SSSR count). The fourth-order valence-electron chi connectivity index (χ4n) is 1.39. The minimum absolute atomic E-state index is 0.0251. The number of thiocarbonyl (C=S) groups is 1. The van der Waals surface area contributed by atoms with E-state index in [1.807, 2.05) is 0 Å². The Hall–Kier alpha value is -1.62. The van der Waals surface area contributed by atoms with E-state index in [1.165, 1.54) is 0 Å². The van der Waals surface area contributed by atoms with Crippen LogP contribution in [0.5, 0.6) is 5.75 Å². The van der Waals surface area contributed by atoms with Gasteiger partial charge in [-0.25, -0.2) is 0 Å². The minimum atomic E-state index is -0.0896. The van der Waals surface area contributed by atoms with Crippen LogP contribution in [0.1, 0.15) is 18.4 Å². The predicted octanol–water partition coefficient (Wildman–Crippen LogP) is 0.978. The molecule has 1 aromatic rings. The Morgan fingerprint density at radius 1 is 1.53 bits per heavy atom. The molecular formula is C12H14N2O2S. The summed E-state index contributed by atoms with van der Waals surface area (Å²) >= 11 is 4.87. The van der Waals surface area contributed by atoms with E-state index in [1.54, 1.807) is 24.3 Å². The van der Waals surface area contributed by atoms with Crippen molar-refractivity contribution in [2.75, 3.05) is 6.61 Å². The van der Waals surface area contributed by atoms with Gasteiger partial charge in [0.15, 0.2) is 6.61 Å². The number of carbonyl (C=O) groups is 1. The molecule has 0 bridgehead atoms. The smallest absolute Gasteiger partial charge is 0.258 e. The SMILES string of the molecule is NC(=S)c1cccc(OCC(=O)NC2CC2)c1. The Morgan fingerprint density at radius 2 is 2.29 bits per heavy atom. The molecule has 0 unspecified atom stereocenters. The van der Waals surface area contributed by atoms with E-state index in [4.69, 9.17) is 22.7 Å². The summed E-state index contributed by atoms with van der Waals surface area (Å²) in [7, 11) is 0. The first-order valence-corrected chi connectivity index (χ1v) is 5.88. The highest BCUT2D eigenvalue weighted by atomic mass is 32.1. The molecule has 1 aliphatic carbocycles. The summed E-state index contributed by atoms with van der Waals surface area (Å²) in [6, 6.07) is 7.45. The van der Waals surface area contributed by atoms with Gasteiger partial charge in [0.25, 0.3) is 5.91 Å². The average Bonchev–Trinajstić information content (AvgIpc) is 3.11. The van der Waals surface area contributed by atoms with E-state index in [0.29, 0.717) is 16.8 Å². The highest BCUT2D eigenvalue weighted by Gasteiger charge is 2.23. The molecule has 3 N–H and O–H groups in total. The van der Waals surface area contributed by atoms with Gasteiger partial charge in [0.05, 0.1) is 0 Å². The standard InChI is InChI=1S/C12H14N2O2S/c13-12(17)8-2-1-3-10(6-8)16-7-11(15)14-9-4-5-9/h1-3,6,9H,4-5,7H2,(H2,13,17)(H,14,15). The van der Waals surface area contributed by atoms with Crippen molar-refractivity contribution in [3.8, 4) is 5.75 Å². The number of nitrogens with two attached hydrogens (primary N) is 1. The summed E-state index contributed by atoms with van der Waals surface area (Å²) in [6.45, 7) is 0.0251. The van der Waals surface area contributed by atoms with E-state index in [2.05, 4.69) is 5.32 Å². The van der Waals surface area contributed by atoms with Crippen molar-refractivity contribution in [2.45, 2.75) is 18.9 Å². The number of rotatable bonds is 5. The first-order valence-electron chi connectivity index (χ1n) is 5.47. The number of benzene rings is 1. The first kappa shape index (κ1) is 11.9. The van der Waals surface area contributed by atoms with Crippen LogP contribution in [0.4, 0.5) is 0 Å². The quantitative estimate of drug-likeness (QED) is 0.765. The Labute approximate surface area is 105 Å². The zero-order chi connectivity index (χ0) is 12.3. The zero-order valence-electron chi connectivity index (χ0n) is 9.31. The van der Waals surface area contributed by atoms with E-state index in [0.717, 1.165) is 18.4 Å². The van der Waals surface area contributed by atoms with Gasteiger partial charge in [0, 0.05) is 11.6 Å².